The van der Waals surface area contributed by atoms with Crippen LogP contribution in [0.5, 0.6) is 0 Å². The first-order chi connectivity index (χ1) is 8.88. The van der Waals surface area contributed by atoms with Crippen LogP contribution in [-0.2, 0) is 0 Å². The van der Waals surface area contributed by atoms with Gasteiger partial charge in [0.05, 0.1) is 6.54 Å². The van der Waals surface area contributed by atoms with Crippen molar-refractivity contribution >= 4 is 5.78 Å². The fourth-order valence-corrected chi connectivity index (χ4v) is 2.51. The van der Waals surface area contributed by atoms with Gasteiger partial charge < -0.3 is 0 Å². The molecule has 0 unspecified atom stereocenters. The zero-order valence-corrected chi connectivity index (χ0v) is 12.4. The van der Waals surface area contributed by atoms with E-state index in [9.17, 15) is 4.79 Å². The summed E-state index contributed by atoms with van der Waals surface area (Å²) in [6.07, 6.45) is 0. The molecule has 2 rings (SSSR count). The zero-order chi connectivity index (χ0) is 14.0. The van der Waals surface area contributed by atoms with Crippen molar-refractivity contribution in [3.05, 3.63) is 35.4 Å². The van der Waals surface area contributed by atoms with E-state index in [4.69, 9.17) is 0 Å². The van der Waals surface area contributed by atoms with Crippen LogP contribution in [0.2, 0.25) is 0 Å². The van der Waals surface area contributed by atoms with Gasteiger partial charge in [-0.25, -0.2) is 0 Å². The summed E-state index contributed by atoms with van der Waals surface area (Å²) in [6, 6.07) is 7.86. The number of carbonyl (C=O) groups is 1. The Morgan fingerprint density at radius 3 is 2.42 bits per heavy atom. The Morgan fingerprint density at radius 1 is 1.21 bits per heavy atom. The van der Waals surface area contributed by atoms with Gasteiger partial charge in [0, 0.05) is 30.7 Å². The van der Waals surface area contributed by atoms with E-state index in [-0.39, 0.29) is 11.3 Å². The monoisotopic (exact) mass is 260 g/mol. The summed E-state index contributed by atoms with van der Waals surface area (Å²) in [6.45, 7) is 9.97. The van der Waals surface area contributed by atoms with Gasteiger partial charge in [0.1, 0.15) is 0 Å². The van der Waals surface area contributed by atoms with Crippen molar-refractivity contribution in [2.75, 3.05) is 33.2 Å². The Bertz CT molecular complexity index is 450. The van der Waals surface area contributed by atoms with Crippen molar-refractivity contribution in [1.82, 2.24) is 9.80 Å². The smallest absolute Gasteiger partial charge is 0.176 e. The van der Waals surface area contributed by atoms with Gasteiger partial charge in [-0.1, -0.05) is 29.8 Å². The van der Waals surface area contributed by atoms with Crippen molar-refractivity contribution in [2.45, 2.75) is 26.3 Å². The van der Waals surface area contributed by atoms with Crippen LogP contribution in [0, 0.1) is 6.92 Å². The Kier molecular flexibility index (Phi) is 4.07. The molecule has 0 N–H and O–H groups in total. The quantitative estimate of drug-likeness (QED) is 0.779. The molecular weight excluding hydrogens is 236 g/mol. The van der Waals surface area contributed by atoms with E-state index in [1.807, 2.05) is 31.2 Å². The number of piperazine rings is 1. The highest BCUT2D eigenvalue weighted by Crippen LogP contribution is 2.19. The summed E-state index contributed by atoms with van der Waals surface area (Å²) < 4.78 is 0. The first kappa shape index (κ1) is 14.2. The van der Waals surface area contributed by atoms with Crippen LogP contribution in [0.1, 0.15) is 29.8 Å². The van der Waals surface area contributed by atoms with E-state index in [1.165, 1.54) is 5.56 Å². The Labute approximate surface area is 116 Å². The summed E-state index contributed by atoms with van der Waals surface area (Å²) in [5.74, 6) is 0.223. The van der Waals surface area contributed by atoms with Gasteiger partial charge in [0.15, 0.2) is 5.78 Å². The molecule has 19 heavy (non-hydrogen) atoms. The highest BCUT2D eigenvalue weighted by molar-refractivity contribution is 5.97. The molecule has 3 nitrogen and oxygen atoms in total. The lowest BCUT2D eigenvalue weighted by molar-refractivity contribution is 0.0390. The summed E-state index contributed by atoms with van der Waals surface area (Å²) in [5, 5.41) is 0. The van der Waals surface area contributed by atoms with Crippen molar-refractivity contribution in [3.8, 4) is 0 Å². The van der Waals surface area contributed by atoms with Crippen molar-refractivity contribution < 1.29 is 4.79 Å². The molecule has 1 fully saturated rings. The fourth-order valence-electron chi connectivity index (χ4n) is 2.51. The van der Waals surface area contributed by atoms with Crippen LogP contribution in [0.25, 0.3) is 0 Å². The summed E-state index contributed by atoms with van der Waals surface area (Å²) in [4.78, 5) is 16.9. The minimum Gasteiger partial charge on any atom is -0.299 e. The molecule has 0 spiro atoms. The number of benzene rings is 1. The molecular formula is C16H24N2O. The van der Waals surface area contributed by atoms with Crippen molar-refractivity contribution in [1.29, 1.82) is 0 Å². The minimum atomic E-state index is 0.145. The maximum absolute atomic E-state index is 12.3. The molecule has 1 aliphatic rings. The molecule has 0 bridgehead atoms. The Balaban J connectivity index is 1.98. The number of Topliss-reactive ketones (excluding diaryl/α,β-unsaturated/α-hetero) is 1. The van der Waals surface area contributed by atoms with Crippen LogP contribution >= 0.6 is 0 Å². The third-order valence-corrected chi connectivity index (χ3v) is 4.14. The average molecular weight is 260 g/mol. The maximum Gasteiger partial charge on any atom is 0.176 e. The van der Waals surface area contributed by atoms with Crippen LogP contribution in [0.4, 0.5) is 0 Å². The SMILES string of the molecule is Cc1ccc(C(=O)CN2CCN(C)C(C)(C)C2)cc1. The van der Waals surface area contributed by atoms with Crippen molar-refractivity contribution in [2.24, 2.45) is 0 Å². The van der Waals surface area contributed by atoms with Gasteiger partial charge in [-0.3, -0.25) is 14.6 Å². The second-order valence-electron chi connectivity index (χ2n) is 6.23. The van der Waals surface area contributed by atoms with Crippen LogP contribution in [0.3, 0.4) is 0 Å². The normalized spacial score (nSPS) is 20.4. The third-order valence-electron chi connectivity index (χ3n) is 4.14. The molecule has 104 valence electrons. The van der Waals surface area contributed by atoms with Gasteiger partial charge in [-0.05, 0) is 27.8 Å². The summed E-state index contributed by atoms with van der Waals surface area (Å²) in [5.41, 5.74) is 2.16. The molecule has 0 saturated carbocycles. The molecule has 1 saturated heterocycles. The topological polar surface area (TPSA) is 23.6 Å². The molecule has 1 aliphatic heterocycles. The van der Waals surface area contributed by atoms with Crippen molar-refractivity contribution in [3.63, 3.8) is 0 Å². The lowest BCUT2D eigenvalue weighted by Crippen LogP contribution is -2.58. The molecule has 0 radical (unpaired) electrons. The number of hydrogen-bond donors (Lipinski definition) is 0. The number of aryl methyl sites for hydroxylation is 1. The summed E-state index contributed by atoms with van der Waals surface area (Å²) in [7, 11) is 2.15. The van der Waals surface area contributed by atoms with Gasteiger partial charge in [0.2, 0.25) is 0 Å². The van der Waals surface area contributed by atoms with E-state index in [0.29, 0.717) is 6.54 Å². The molecule has 1 heterocycles. The first-order valence-electron chi connectivity index (χ1n) is 6.92. The number of hydrogen-bond acceptors (Lipinski definition) is 3. The van der Waals surface area contributed by atoms with Gasteiger partial charge in [0.25, 0.3) is 0 Å². The van der Waals surface area contributed by atoms with Crippen LogP contribution < -0.4 is 0 Å². The number of nitrogens with zero attached hydrogens (tertiary/aromatic N) is 2. The predicted octanol–water partition coefficient (Wildman–Crippen LogP) is 2.20. The standard InChI is InChI=1S/C16H24N2O/c1-13-5-7-14(8-6-13)15(19)11-18-10-9-17(4)16(2,3)12-18/h5-8H,9-12H2,1-4H3. The first-order valence-corrected chi connectivity index (χ1v) is 6.92. The zero-order valence-electron chi connectivity index (χ0n) is 12.4. The van der Waals surface area contributed by atoms with Gasteiger partial charge >= 0.3 is 0 Å². The second-order valence-corrected chi connectivity index (χ2v) is 6.23. The lowest BCUT2D eigenvalue weighted by atomic mass is 9.99. The highest BCUT2D eigenvalue weighted by atomic mass is 16.1. The molecule has 0 atom stereocenters. The molecule has 1 aromatic carbocycles. The number of ketones is 1. The molecule has 1 aromatic rings. The van der Waals surface area contributed by atoms with Gasteiger partial charge in [-0.2, -0.15) is 0 Å². The number of rotatable bonds is 3. The Morgan fingerprint density at radius 2 is 1.84 bits per heavy atom. The van der Waals surface area contributed by atoms with Crippen LogP contribution in [-0.4, -0.2) is 54.3 Å². The lowest BCUT2D eigenvalue weighted by Gasteiger charge is -2.45. The molecule has 0 aliphatic carbocycles. The molecule has 0 aromatic heterocycles. The van der Waals surface area contributed by atoms with E-state index in [0.717, 1.165) is 25.2 Å². The maximum atomic E-state index is 12.3. The highest BCUT2D eigenvalue weighted by Gasteiger charge is 2.31. The number of likely N-dealkylation sites (N-methyl/N-ethyl adjacent to an activating group) is 1. The molecule has 3 heteroatoms. The summed E-state index contributed by atoms with van der Waals surface area (Å²) >= 11 is 0. The fraction of sp³-hybridized carbons (Fsp3) is 0.562. The third kappa shape index (κ3) is 3.43. The largest absolute Gasteiger partial charge is 0.299 e. The van der Waals surface area contributed by atoms with Crippen LogP contribution in [0.15, 0.2) is 24.3 Å². The van der Waals surface area contributed by atoms with E-state index < -0.39 is 0 Å². The number of carbonyl (C=O) groups excluding carboxylic acids is 1. The van der Waals surface area contributed by atoms with E-state index in [2.05, 4.69) is 30.7 Å². The average Bonchev–Trinajstić information content (AvgIpc) is 2.34. The Hall–Kier alpha value is -1.19. The minimum absolute atomic E-state index is 0.145. The molecule has 0 amide bonds. The second kappa shape index (κ2) is 5.43. The predicted molar refractivity (Wildman–Crippen MR) is 78.7 cm³/mol. The van der Waals surface area contributed by atoms with E-state index in [1.54, 1.807) is 0 Å². The van der Waals surface area contributed by atoms with Gasteiger partial charge in [-0.15, -0.1) is 0 Å². The van der Waals surface area contributed by atoms with E-state index >= 15 is 0 Å².